The van der Waals surface area contributed by atoms with Gasteiger partial charge in [0.05, 0.1) is 29.3 Å². The minimum atomic E-state index is -0.461. The van der Waals surface area contributed by atoms with Crippen molar-refractivity contribution in [2.75, 3.05) is 31.6 Å². The van der Waals surface area contributed by atoms with Crippen LogP contribution in [0.1, 0.15) is 18.4 Å². The second-order valence-electron chi connectivity index (χ2n) is 4.85. The molecule has 1 saturated heterocycles. The highest BCUT2D eigenvalue weighted by Crippen LogP contribution is 2.25. The van der Waals surface area contributed by atoms with Crippen LogP contribution < -0.4 is 10.6 Å². The summed E-state index contributed by atoms with van der Waals surface area (Å²) in [5.41, 5.74) is 0.714. The van der Waals surface area contributed by atoms with E-state index in [1.807, 2.05) is 6.07 Å². The average molecular weight is 290 g/mol. The van der Waals surface area contributed by atoms with Crippen molar-refractivity contribution in [1.29, 1.82) is 5.26 Å². The predicted octanol–water partition coefficient (Wildman–Crippen LogP) is 1.65. The van der Waals surface area contributed by atoms with Gasteiger partial charge in [0.2, 0.25) is 0 Å². The van der Waals surface area contributed by atoms with Crippen LogP contribution in [0.3, 0.4) is 0 Å². The first-order valence-electron chi connectivity index (χ1n) is 6.95. The number of anilines is 1. The molecule has 0 saturated carbocycles. The summed E-state index contributed by atoms with van der Waals surface area (Å²) >= 11 is 0. The highest BCUT2D eigenvalue weighted by Gasteiger charge is 2.15. The number of nitrogens with zero attached hydrogens (tertiary/aromatic N) is 2. The maximum absolute atomic E-state index is 10.9. The van der Waals surface area contributed by atoms with Crippen molar-refractivity contribution in [3.63, 3.8) is 0 Å². The van der Waals surface area contributed by atoms with E-state index in [9.17, 15) is 10.1 Å². The Balaban J connectivity index is 1.86. The molecule has 0 atom stereocenters. The number of hydrogen-bond donors (Lipinski definition) is 2. The van der Waals surface area contributed by atoms with Crippen LogP contribution >= 0.6 is 0 Å². The Morgan fingerprint density at radius 2 is 2.24 bits per heavy atom. The molecule has 7 heteroatoms. The van der Waals surface area contributed by atoms with Gasteiger partial charge in [0, 0.05) is 12.6 Å². The Hall–Kier alpha value is -2.17. The van der Waals surface area contributed by atoms with Crippen LogP contribution in [0, 0.1) is 21.4 Å². The molecule has 2 rings (SSSR count). The quantitative estimate of drug-likeness (QED) is 0.469. The van der Waals surface area contributed by atoms with Crippen molar-refractivity contribution in [3.05, 3.63) is 33.9 Å². The first-order valence-corrected chi connectivity index (χ1v) is 6.95. The van der Waals surface area contributed by atoms with Crippen molar-refractivity contribution >= 4 is 11.4 Å². The van der Waals surface area contributed by atoms with E-state index in [-0.39, 0.29) is 11.8 Å². The van der Waals surface area contributed by atoms with Gasteiger partial charge in [0.1, 0.15) is 5.69 Å². The number of rotatable bonds is 6. The fourth-order valence-electron chi connectivity index (χ4n) is 2.28. The molecule has 1 fully saturated rings. The van der Waals surface area contributed by atoms with E-state index in [0.29, 0.717) is 24.4 Å². The minimum Gasteiger partial charge on any atom is -0.377 e. The average Bonchev–Trinajstić information content (AvgIpc) is 2.52. The second kappa shape index (κ2) is 7.57. The van der Waals surface area contributed by atoms with Crippen molar-refractivity contribution in [2.24, 2.45) is 0 Å². The largest absolute Gasteiger partial charge is 0.377 e. The number of nitriles is 1. The lowest BCUT2D eigenvalue weighted by molar-refractivity contribution is -0.384. The summed E-state index contributed by atoms with van der Waals surface area (Å²) in [6, 6.07) is 6.24. The van der Waals surface area contributed by atoms with Gasteiger partial charge in [-0.3, -0.25) is 10.1 Å². The van der Waals surface area contributed by atoms with Crippen LogP contribution in [0.5, 0.6) is 0 Å². The molecule has 0 amide bonds. The Kier molecular flexibility index (Phi) is 5.49. The molecule has 1 aromatic carbocycles. The van der Waals surface area contributed by atoms with Crippen molar-refractivity contribution in [1.82, 2.24) is 5.32 Å². The van der Waals surface area contributed by atoms with Gasteiger partial charge in [-0.05, 0) is 38.1 Å². The van der Waals surface area contributed by atoms with Gasteiger partial charge in [0.25, 0.3) is 5.69 Å². The summed E-state index contributed by atoms with van der Waals surface area (Å²) in [7, 11) is 0. The molecule has 2 N–H and O–H groups in total. The summed E-state index contributed by atoms with van der Waals surface area (Å²) < 4.78 is 5.72. The molecule has 112 valence electrons. The number of nitro groups is 1. The third kappa shape index (κ3) is 4.41. The highest BCUT2D eigenvalue weighted by molar-refractivity contribution is 5.64. The van der Waals surface area contributed by atoms with E-state index in [1.54, 1.807) is 0 Å². The molecular weight excluding hydrogens is 272 g/mol. The lowest BCUT2D eigenvalue weighted by Gasteiger charge is -2.23. The van der Waals surface area contributed by atoms with Crippen molar-refractivity contribution in [2.45, 2.75) is 18.9 Å². The monoisotopic (exact) mass is 290 g/mol. The fraction of sp³-hybridized carbons (Fsp3) is 0.500. The SMILES string of the molecule is N#Cc1ccc([N+](=O)[O-])c(NCCOC2CCNCC2)c1. The minimum absolute atomic E-state index is 0.0316. The number of benzene rings is 1. The van der Waals surface area contributed by atoms with Crippen LogP contribution in [-0.4, -0.2) is 37.3 Å². The molecule has 0 unspecified atom stereocenters. The Bertz CT molecular complexity index is 536. The van der Waals surface area contributed by atoms with E-state index in [2.05, 4.69) is 10.6 Å². The van der Waals surface area contributed by atoms with Gasteiger partial charge >= 0.3 is 0 Å². The molecule has 7 nitrogen and oxygen atoms in total. The van der Waals surface area contributed by atoms with E-state index < -0.39 is 4.92 Å². The zero-order valence-electron chi connectivity index (χ0n) is 11.7. The number of nitrogens with one attached hydrogen (secondary N) is 2. The maximum atomic E-state index is 10.9. The van der Waals surface area contributed by atoms with Gasteiger partial charge in [-0.15, -0.1) is 0 Å². The molecule has 0 aliphatic carbocycles. The summed E-state index contributed by atoms with van der Waals surface area (Å²) in [4.78, 5) is 10.5. The third-order valence-electron chi connectivity index (χ3n) is 3.38. The van der Waals surface area contributed by atoms with E-state index in [1.165, 1.54) is 18.2 Å². The normalized spacial score (nSPS) is 15.4. The van der Waals surface area contributed by atoms with Gasteiger partial charge in [0.15, 0.2) is 0 Å². The van der Waals surface area contributed by atoms with Gasteiger partial charge in [-0.1, -0.05) is 0 Å². The fourth-order valence-corrected chi connectivity index (χ4v) is 2.28. The first kappa shape index (κ1) is 15.2. The summed E-state index contributed by atoms with van der Waals surface area (Å²) in [5.74, 6) is 0. The topological polar surface area (TPSA) is 100 Å². The number of nitro benzene ring substituents is 1. The van der Waals surface area contributed by atoms with Crippen LogP contribution in [0.2, 0.25) is 0 Å². The highest BCUT2D eigenvalue weighted by atomic mass is 16.6. The number of piperidine rings is 1. The standard InChI is InChI=1S/C14H18N4O3/c15-10-11-1-2-14(18(19)20)13(9-11)17-7-8-21-12-3-5-16-6-4-12/h1-2,9,12,16-17H,3-8H2. The zero-order chi connectivity index (χ0) is 15.1. The third-order valence-corrected chi connectivity index (χ3v) is 3.38. The van der Waals surface area contributed by atoms with E-state index in [0.717, 1.165) is 25.9 Å². The molecule has 0 radical (unpaired) electrons. The molecule has 1 heterocycles. The van der Waals surface area contributed by atoms with Crippen molar-refractivity contribution in [3.8, 4) is 6.07 Å². The first-order chi connectivity index (χ1) is 10.2. The molecule has 1 aliphatic rings. The van der Waals surface area contributed by atoms with Crippen LogP contribution in [-0.2, 0) is 4.74 Å². The lowest BCUT2D eigenvalue weighted by atomic mass is 10.1. The number of ether oxygens (including phenoxy) is 1. The molecule has 21 heavy (non-hydrogen) atoms. The van der Waals surface area contributed by atoms with Gasteiger partial charge < -0.3 is 15.4 Å². The van der Waals surface area contributed by atoms with E-state index in [4.69, 9.17) is 10.00 Å². The molecule has 1 aromatic rings. The van der Waals surface area contributed by atoms with Crippen LogP contribution in [0.25, 0.3) is 0 Å². The van der Waals surface area contributed by atoms with Crippen LogP contribution in [0.4, 0.5) is 11.4 Å². The van der Waals surface area contributed by atoms with Gasteiger partial charge in [-0.25, -0.2) is 0 Å². The molecule has 0 bridgehead atoms. The Labute approximate surface area is 123 Å². The molecular formula is C14H18N4O3. The second-order valence-corrected chi connectivity index (χ2v) is 4.85. The molecule has 0 aromatic heterocycles. The maximum Gasteiger partial charge on any atom is 0.292 e. The molecule has 1 aliphatic heterocycles. The summed E-state index contributed by atoms with van der Waals surface area (Å²) in [6.45, 7) is 2.89. The smallest absolute Gasteiger partial charge is 0.292 e. The lowest BCUT2D eigenvalue weighted by Crippen LogP contribution is -2.33. The van der Waals surface area contributed by atoms with Gasteiger partial charge in [-0.2, -0.15) is 5.26 Å². The van der Waals surface area contributed by atoms with E-state index >= 15 is 0 Å². The number of hydrogen-bond acceptors (Lipinski definition) is 6. The van der Waals surface area contributed by atoms with Crippen molar-refractivity contribution < 1.29 is 9.66 Å². The predicted molar refractivity (Wildman–Crippen MR) is 78.1 cm³/mol. The zero-order valence-corrected chi connectivity index (χ0v) is 11.7. The summed E-state index contributed by atoms with van der Waals surface area (Å²) in [6.07, 6.45) is 2.24. The summed E-state index contributed by atoms with van der Waals surface area (Å²) in [5, 5.41) is 26.0. The molecule has 0 spiro atoms. The Morgan fingerprint density at radius 3 is 2.90 bits per heavy atom. The van der Waals surface area contributed by atoms with Crippen LogP contribution in [0.15, 0.2) is 18.2 Å². The Morgan fingerprint density at radius 1 is 1.48 bits per heavy atom.